The molecular weight excluding hydrogens is 526 g/mol. The molecule has 0 radical (unpaired) electrons. The van der Waals surface area contributed by atoms with Crippen molar-refractivity contribution in [1.82, 2.24) is 14.3 Å². The molecule has 37 heavy (non-hydrogen) atoms. The molecule has 4 heterocycles. The fourth-order valence-corrected chi connectivity index (χ4v) is 7.56. The highest BCUT2D eigenvalue weighted by molar-refractivity contribution is 7.91. The van der Waals surface area contributed by atoms with Gasteiger partial charge in [0.15, 0.2) is 14.9 Å². The first-order valence-electron chi connectivity index (χ1n) is 11.8. The molecule has 1 fully saturated rings. The fraction of sp³-hybridized carbons (Fsp3) is 0.565. The molecule has 202 valence electrons. The third-order valence-corrected chi connectivity index (χ3v) is 9.16. The highest BCUT2D eigenvalue weighted by Crippen LogP contribution is 2.60. The number of imidazole rings is 1. The summed E-state index contributed by atoms with van der Waals surface area (Å²) < 4.78 is 36.2. The van der Waals surface area contributed by atoms with E-state index in [9.17, 15) is 33.0 Å². The van der Waals surface area contributed by atoms with Crippen LogP contribution in [0.5, 0.6) is 0 Å². The second kappa shape index (κ2) is 9.72. The number of aliphatic hydroxyl groups excluding tert-OH is 1. The van der Waals surface area contributed by atoms with Gasteiger partial charge in [0.25, 0.3) is 0 Å². The summed E-state index contributed by atoms with van der Waals surface area (Å²) in [7, 11) is -3.65. The summed E-state index contributed by atoms with van der Waals surface area (Å²) in [6.07, 6.45) is 3.71. The van der Waals surface area contributed by atoms with Gasteiger partial charge in [0.1, 0.15) is 16.9 Å². The Morgan fingerprint density at radius 2 is 1.97 bits per heavy atom. The summed E-state index contributed by atoms with van der Waals surface area (Å²) in [4.78, 5) is 43.3. The van der Waals surface area contributed by atoms with Crippen molar-refractivity contribution in [3.8, 4) is 0 Å². The molecule has 1 saturated heterocycles. The minimum absolute atomic E-state index is 0.122. The fourth-order valence-electron chi connectivity index (χ4n) is 5.17. The van der Waals surface area contributed by atoms with Gasteiger partial charge in [0, 0.05) is 23.4 Å². The van der Waals surface area contributed by atoms with E-state index < -0.39 is 51.3 Å². The van der Waals surface area contributed by atoms with E-state index in [2.05, 4.69) is 4.98 Å². The summed E-state index contributed by atoms with van der Waals surface area (Å²) in [5.41, 5.74) is -0.981. The first-order chi connectivity index (χ1) is 17.3. The number of thiazole rings is 1. The van der Waals surface area contributed by atoms with Gasteiger partial charge in [0.05, 0.1) is 36.2 Å². The molecule has 0 saturated carbocycles. The van der Waals surface area contributed by atoms with Gasteiger partial charge in [-0.25, -0.2) is 23.0 Å². The maximum absolute atomic E-state index is 13.0. The molecular formula is C23H29N3O9S2. The highest BCUT2D eigenvalue weighted by Gasteiger charge is 2.66. The number of unbranched alkanes of at least 4 members (excludes halogenated alkanes) is 1. The van der Waals surface area contributed by atoms with Crippen LogP contribution in [-0.2, 0) is 28.9 Å². The number of aliphatic carboxylic acids is 1. The Labute approximate surface area is 217 Å². The van der Waals surface area contributed by atoms with E-state index in [1.807, 2.05) is 6.92 Å². The van der Waals surface area contributed by atoms with Gasteiger partial charge >= 0.3 is 12.1 Å². The molecule has 2 aromatic heterocycles. The number of sulfone groups is 1. The van der Waals surface area contributed by atoms with Gasteiger partial charge < -0.3 is 24.6 Å². The van der Waals surface area contributed by atoms with Crippen molar-refractivity contribution in [2.75, 3.05) is 19.5 Å². The van der Waals surface area contributed by atoms with Crippen LogP contribution >= 0.6 is 11.3 Å². The second-order valence-corrected chi connectivity index (χ2v) is 12.5. The van der Waals surface area contributed by atoms with Crippen molar-refractivity contribution in [3.05, 3.63) is 23.1 Å². The normalized spacial score (nSPS) is 24.2. The molecule has 4 rings (SSSR count). The number of hydrogen-bond donors (Lipinski definition) is 2. The van der Waals surface area contributed by atoms with Gasteiger partial charge in [0.2, 0.25) is 5.91 Å². The quantitative estimate of drug-likeness (QED) is 0.252. The first kappa shape index (κ1) is 27.1. The molecule has 12 nitrogen and oxygen atoms in total. The molecule has 4 atom stereocenters. The molecule has 0 bridgehead atoms. The minimum atomic E-state index is -3.65. The number of nitrogens with zero attached hydrogens (tertiary/aromatic N) is 3. The molecule has 0 aliphatic carbocycles. The van der Waals surface area contributed by atoms with E-state index in [1.54, 1.807) is 13.1 Å². The number of hydrogen-bond acceptors (Lipinski definition) is 10. The van der Waals surface area contributed by atoms with Crippen LogP contribution in [0.25, 0.3) is 10.4 Å². The number of rotatable bonds is 10. The number of amides is 1. The van der Waals surface area contributed by atoms with Crippen molar-refractivity contribution >= 4 is 49.6 Å². The van der Waals surface area contributed by atoms with E-state index in [-0.39, 0.29) is 30.4 Å². The standard InChI is InChI=1S/C23H29N3O9S2/c1-5-6-8-34-22(31)35-9-7-23(3)15(13-10-25-11-24-18(20(25)36-13)37(4,32)33)16(21(29)30)26-17(23)14(12(2)27)19(26)28/h10-12,14,17,27H,5-9H2,1-4H3,(H,29,30)/t12-,14-,17-,23+/m1/s1. The van der Waals surface area contributed by atoms with E-state index in [0.29, 0.717) is 21.7 Å². The molecule has 14 heteroatoms. The van der Waals surface area contributed by atoms with Gasteiger partial charge in [-0.15, -0.1) is 11.3 Å². The highest BCUT2D eigenvalue weighted by atomic mass is 32.2. The van der Waals surface area contributed by atoms with E-state index >= 15 is 0 Å². The van der Waals surface area contributed by atoms with Gasteiger partial charge in [-0.05, 0) is 19.8 Å². The van der Waals surface area contributed by atoms with Crippen LogP contribution in [0.1, 0.15) is 44.9 Å². The Balaban J connectivity index is 1.76. The molecule has 0 unspecified atom stereocenters. The van der Waals surface area contributed by atoms with Crippen LogP contribution < -0.4 is 0 Å². The van der Waals surface area contributed by atoms with Crippen LogP contribution in [0.2, 0.25) is 0 Å². The molecule has 0 aromatic carbocycles. The van der Waals surface area contributed by atoms with Crippen molar-refractivity contribution in [3.63, 3.8) is 0 Å². The topological polar surface area (TPSA) is 165 Å². The monoisotopic (exact) mass is 555 g/mol. The zero-order valence-electron chi connectivity index (χ0n) is 20.8. The molecule has 2 aliphatic heterocycles. The Morgan fingerprint density at radius 1 is 1.30 bits per heavy atom. The zero-order chi connectivity index (χ0) is 27.3. The number of carbonyl (C=O) groups excluding carboxylic acids is 2. The Bertz CT molecular complexity index is 1390. The lowest BCUT2D eigenvalue weighted by Crippen LogP contribution is -2.66. The molecule has 2 aromatic rings. The van der Waals surface area contributed by atoms with Crippen LogP contribution in [0.15, 0.2) is 23.2 Å². The Hall–Kier alpha value is -2.97. The van der Waals surface area contributed by atoms with Gasteiger partial charge in [-0.3, -0.25) is 9.20 Å². The van der Waals surface area contributed by atoms with Crippen LogP contribution in [0, 0.1) is 11.3 Å². The Morgan fingerprint density at radius 3 is 2.57 bits per heavy atom. The lowest BCUT2D eigenvalue weighted by molar-refractivity contribution is -0.167. The number of fused-ring (bicyclic) bond motifs is 2. The van der Waals surface area contributed by atoms with E-state index in [1.165, 1.54) is 22.6 Å². The van der Waals surface area contributed by atoms with E-state index in [4.69, 9.17) is 9.47 Å². The number of carboxylic acid groups (broad SMARTS) is 1. The number of carboxylic acids is 1. The first-order valence-corrected chi connectivity index (χ1v) is 14.5. The summed E-state index contributed by atoms with van der Waals surface area (Å²) in [5, 5.41) is 20.4. The number of β-lactam (4-membered cyclic amide) rings is 1. The van der Waals surface area contributed by atoms with Crippen molar-refractivity contribution in [1.29, 1.82) is 0 Å². The maximum Gasteiger partial charge on any atom is 0.508 e. The van der Waals surface area contributed by atoms with Gasteiger partial charge in [-0.2, -0.15) is 0 Å². The van der Waals surface area contributed by atoms with E-state index in [0.717, 1.165) is 24.0 Å². The summed E-state index contributed by atoms with van der Waals surface area (Å²) in [5.74, 6) is -2.70. The smallest absolute Gasteiger partial charge is 0.477 e. The van der Waals surface area contributed by atoms with Crippen LogP contribution in [0.3, 0.4) is 0 Å². The maximum atomic E-state index is 13.0. The minimum Gasteiger partial charge on any atom is -0.477 e. The van der Waals surface area contributed by atoms with Gasteiger partial charge in [-0.1, -0.05) is 20.3 Å². The predicted molar refractivity (Wildman–Crippen MR) is 131 cm³/mol. The summed E-state index contributed by atoms with van der Waals surface area (Å²) >= 11 is 1.04. The second-order valence-electron chi connectivity index (χ2n) is 9.55. The molecule has 2 N–H and O–H groups in total. The largest absolute Gasteiger partial charge is 0.508 e. The zero-order valence-corrected chi connectivity index (χ0v) is 22.5. The average molecular weight is 556 g/mol. The van der Waals surface area contributed by atoms with Crippen molar-refractivity contribution < 1.29 is 42.5 Å². The number of aromatic nitrogens is 2. The average Bonchev–Trinajstić information content (AvgIpc) is 3.42. The summed E-state index contributed by atoms with van der Waals surface area (Å²) in [6, 6.07) is -0.699. The van der Waals surface area contributed by atoms with Crippen LogP contribution in [0.4, 0.5) is 4.79 Å². The molecule has 0 spiro atoms. The van der Waals surface area contributed by atoms with Crippen molar-refractivity contribution in [2.45, 2.75) is 57.2 Å². The van der Waals surface area contributed by atoms with Crippen LogP contribution in [-0.4, -0.2) is 82.6 Å². The SMILES string of the molecule is CCCCOC(=O)OCC[C@@]1(C)C(c2cn3cnc(S(C)(=O)=O)c3s2)=C(C(=O)O)N2C(=O)[C@H]([C@@H](C)O)[C@@H]21. The summed E-state index contributed by atoms with van der Waals surface area (Å²) in [6.45, 7) is 5.28. The number of ether oxygens (including phenoxy) is 2. The third-order valence-electron chi connectivity index (χ3n) is 6.90. The number of carbonyl (C=O) groups is 3. The third kappa shape index (κ3) is 4.50. The molecule has 1 amide bonds. The Kier molecular flexibility index (Phi) is 7.12. The lowest BCUT2D eigenvalue weighted by atomic mass is 9.66. The molecule has 2 aliphatic rings. The van der Waals surface area contributed by atoms with Crippen molar-refractivity contribution in [2.24, 2.45) is 11.3 Å². The lowest BCUT2D eigenvalue weighted by Gasteiger charge is -2.50. The predicted octanol–water partition coefficient (Wildman–Crippen LogP) is 2.17. The number of aliphatic hydroxyl groups is 1.